The van der Waals surface area contributed by atoms with E-state index in [1.807, 2.05) is 0 Å². The predicted molar refractivity (Wildman–Crippen MR) is 77.6 cm³/mol. The minimum Gasteiger partial charge on any atom is -0.425 e. The molecule has 0 aliphatic rings. The topological polar surface area (TPSA) is 43.4 Å². The van der Waals surface area contributed by atoms with Gasteiger partial charge in [-0.1, -0.05) is 35.3 Å². The van der Waals surface area contributed by atoms with E-state index in [1.165, 1.54) is 37.3 Å². The van der Waals surface area contributed by atoms with Crippen molar-refractivity contribution in [2.45, 2.75) is 6.92 Å². The minimum atomic E-state index is -0.654. The lowest BCUT2D eigenvalue weighted by atomic mass is 10.0. The summed E-state index contributed by atoms with van der Waals surface area (Å²) in [4.78, 5) is 23.2. The molecule has 0 aromatic heterocycles. The summed E-state index contributed by atoms with van der Waals surface area (Å²) in [5, 5.41) is -0.169. The summed E-state index contributed by atoms with van der Waals surface area (Å²) in [6.07, 6.45) is 0. The highest BCUT2D eigenvalue weighted by molar-refractivity contribution is 6.45. The molecule has 0 saturated carbocycles. The third kappa shape index (κ3) is 3.23. The molecule has 3 nitrogen and oxygen atoms in total. The summed E-state index contributed by atoms with van der Waals surface area (Å²) in [6.45, 7) is 1.21. The van der Waals surface area contributed by atoms with E-state index in [9.17, 15) is 14.0 Å². The Balaban J connectivity index is 2.46. The van der Waals surface area contributed by atoms with E-state index >= 15 is 0 Å². The number of hydrogen-bond donors (Lipinski definition) is 0. The molecular weight excluding hydrogens is 318 g/mol. The van der Waals surface area contributed by atoms with Crippen LogP contribution in [0.1, 0.15) is 22.8 Å². The first kappa shape index (κ1) is 15.5. The van der Waals surface area contributed by atoms with Gasteiger partial charge in [-0.15, -0.1) is 0 Å². The van der Waals surface area contributed by atoms with Crippen LogP contribution in [-0.2, 0) is 4.79 Å². The third-order valence-corrected chi connectivity index (χ3v) is 3.53. The zero-order chi connectivity index (χ0) is 15.6. The van der Waals surface area contributed by atoms with Crippen molar-refractivity contribution < 1.29 is 18.7 Å². The number of rotatable bonds is 3. The number of ketones is 1. The van der Waals surface area contributed by atoms with Gasteiger partial charge >= 0.3 is 5.97 Å². The maximum Gasteiger partial charge on any atom is 0.308 e. The maximum atomic E-state index is 13.6. The number of esters is 1. The molecule has 6 heteroatoms. The zero-order valence-corrected chi connectivity index (χ0v) is 12.3. The average Bonchev–Trinajstić information content (AvgIpc) is 2.43. The molecule has 0 fully saturated rings. The second kappa shape index (κ2) is 6.24. The van der Waals surface area contributed by atoms with E-state index in [-0.39, 0.29) is 26.9 Å². The van der Waals surface area contributed by atoms with Gasteiger partial charge in [0.2, 0.25) is 0 Å². The molecule has 2 aromatic carbocycles. The molecule has 0 bridgehead atoms. The fourth-order valence-electron chi connectivity index (χ4n) is 1.73. The number of hydrogen-bond acceptors (Lipinski definition) is 3. The molecule has 2 aromatic rings. The van der Waals surface area contributed by atoms with Crippen molar-refractivity contribution in [3.63, 3.8) is 0 Å². The van der Waals surface area contributed by atoms with Crippen molar-refractivity contribution in [3.8, 4) is 5.75 Å². The molecule has 0 atom stereocenters. The number of benzene rings is 2. The van der Waals surface area contributed by atoms with Gasteiger partial charge in [0.15, 0.2) is 11.5 Å². The second-order valence-electron chi connectivity index (χ2n) is 4.14. The molecule has 2 rings (SSSR count). The number of halogens is 3. The van der Waals surface area contributed by atoms with Crippen molar-refractivity contribution in [2.24, 2.45) is 0 Å². The Morgan fingerprint density at radius 1 is 1.00 bits per heavy atom. The summed E-state index contributed by atoms with van der Waals surface area (Å²) in [6, 6.07) is 8.21. The Bertz CT molecular complexity index is 729. The quantitative estimate of drug-likeness (QED) is 0.480. The van der Waals surface area contributed by atoms with Crippen molar-refractivity contribution in [1.29, 1.82) is 0 Å². The zero-order valence-electron chi connectivity index (χ0n) is 10.8. The number of carbonyl (C=O) groups excluding carboxylic acids is 2. The van der Waals surface area contributed by atoms with Gasteiger partial charge in [-0.3, -0.25) is 9.59 Å². The van der Waals surface area contributed by atoms with Gasteiger partial charge in [-0.05, 0) is 24.3 Å². The van der Waals surface area contributed by atoms with E-state index in [2.05, 4.69) is 0 Å². The normalized spacial score (nSPS) is 10.3. The van der Waals surface area contributed by atoms with Crippen LogP contribution in [0.25, 0.3) is 0 Å². The van der Waals surface area contributed by atoms with Crippen molar-refractivity contribution in [2.75, 3.05) is 0 Å². The Kier molecular flexibility index (Phi) is 4.60. The standard InChI is InChI=1S/C15H9Cl2FO3/c1-8(19)21-12-7-6-10(13(16)14(12)17)15(20)9-4-2-3-5-11(9)18/h2-7H,1H3. The van der Waals surface area contributed by atoms with E-state index in [1.54, 1.807) is 6.07 Å². The van der Waals surface area contributed by atoms with Crippen molar-refractivity contribution >= 4 is 35.0 Å². The van der Waals surface area contributed by atoms with E-state index in [4.69, 9.17) is 27.9 Å². The van der Waals surface area contributed by atoms with Crippen LogP contribution >= 0.6 is 23.2 Å². The molecule has 0 aliphatic heterocycles. The van der Waals surface area contributed by atoms with Crippen LogP contribution in [0.3, 0.4) is 0 Å². The van der Waals surface area contributed by atoms with Gasteiger partial charge < -0.3 is 4.74 Å². The molecule has 108 valence electrons. The van der Waals surface area contributed by atoms with Crippen LogP contribution in [0.5, 0.6) is 5.75 Å². The fourth-order valence-corrected chi connectivity index (χ4v) is 2.18. The Hall–Kier alpha value is -1.91. The Morgan fingerprint density at radius 2 is 1.67 bits per heavy atom. The van der Waals surface area contributed by atoms with Gasteiger partial charge in [-0.25, -0.2) is 4.39 Å². The highest BCUT2D eigenvalue weighted by Crippen LogP contribution is 2.35. The first-order valence-corrected chi connectivity index (χ1v) is 6.63. The van der Waals surface area contributed by atoms with E-state index in [0.29, 0.717) is 0 Å². The van der Waals surface area contributed by atoms with Crippen molar-refractivity contribution in [3.05, 3.63) is 63.4 Å². The molecule has 0 N–H and O–H groups in total. The van der Waals surface area contributed by atoms with E-state index < -0.39 is 17.6 Å². The van der Waals surface area contributed by atoms with Crippen molar-refractivity contribution in [1.82, 2.24) is 0 Å². The summed E-state index contributed by atoms with van der Waals surface area (Å²) in [7, 11) is 0. The highest BCUT2D eigenvalue weighted by Gasteiger charge is 2.20. The number of carbonyl (C=O) groups is 2. The largest absolute Gasteiger partial charge is 0.425 e. The lowest BCUT2D eigenvalue weighted by molar-refractivity contribution is -0.131. The number of ether oxygens (including phenoxy) is 1. The Labute approximate surface area is 130 Å². The molecule has 0 spiro atoms. The molecular formula is C15H9Cl2FO3. The molecule has 0 aliphatic carbocycles. The summed E-state index contributed by atoms with van der Waals surface area (Å²) in [5.74, 6) is -1.78. The van der Waals surface area contributed by atoms with Gasteiger partial charge in [0.25, 0.3) is 0 Å². The maximum absolute atomic E-state index is 13.6. The van der Waals surface area contributed by atoms with Gasteiger partial charge in [0, 0.05) is 12.5 Å². The average molecular weight is 327 g/mol. The lowest BCUT2D eigenvalue weighted by Gasteiger charge is -2.09. The molecule has 0 amide bonds. The van der Waals surface area contributed by atoms with Crippen LogP contribution in [0.2, 0.25) is 10.0 Å². The predicted octanol–water partition coefficient (Wildman–Crippen LogP) is 4.29. The highest BCUT2D eigenvalue weighted by atomic mass is 35.5. The Morgan fingerprint density at radius 3 is 2.29 bits per heavy atom. The van der Waals surface area contributed by atoms with Gasteiger partial charge in [0.1, 0.15) is 10.8 Å². The van der Waals surface area contributed by atoms with Crippen LogP contribution < -0.4 is 4.74 Å². The first-order chi connectivity index (χ1) is 9.91. The second-order valence-corrected chi connectivity index (χ2v) is 4.90. The molecule has 0 saturated heterocycles. The molecule has 0 radical (unpaired) electrons. The summed E-state index contributed by atoms with van der Waals surface area (Å²) < 4.78 is 18.5. The van der Waals surface area contributed by atoms with E-state index in [0.717, 1.165) is 0 Å². The fraction of sp³-hybridized carbons (Fsp3) is 0.0667. The SMILES string of the molecule is CC(=O)Oc1ccc(C(=O)c2ccccc2F)c(Cl)c1Cl. The van der Waals surface area contributed by atoms with Crippen LogP contribution in [-0.4, -0.2) is 11.8 Å². The molecule has 0 unspecified atom stereocenters. The molecule has 0 heterocycles. The van der Waals surface area contributed by atoms with Crippen LogP contribution in [0, 0.1) is 5.82 Å². The third-order valence-electron chi connectivity index (χ3n) is 2.66. The van der Waals surface area contributed by atoms with Gasteiger partial charge in [0.05, 0.1) is 10.6 Å². The summed E-state index contributed by atoms with van der Waals surface area (Å²) >= 11 is 12.0. The minimum absolute atomic E-state index is 0.0302. The van der Waals surface area contributed by atoms with Crippen LogP contribution in [0.4, 0.5) is 4.39 Å². The first-order valence-electron chi connectivity index (χ1n) is 5.87. The lowest BCUT2D eigenvalue weighted by Crippen LogP contribution is -2.07. The molecule has 21 heavy (non-hydrogen) atoms. The van der Waals surface area contributed by atoms with Crippen LogP contribution in [0.15, 0.2) is 36.4 Å². The monoisotopic (exact) mass is 326 g/mol. The summed E-state index contributed by atoms with van der Waals surface area (Å²) in [5.41, 5.74) is -0.0848. The smallest absolute Gasteiger partial charge is 0.308 e. The van der Waals surface area contributed by atoms with Gasteiger partial charge in [-0.2, -0.15) is 0 Å².